The topological polar surface area (TPSA) is 81.7 Å². The smallest absolute Gasteiger partial charge is 0.331 e. The minimum atomic E-state index is -0.946. The largest absolute Gasteiger partial charge is 0.346 e. The number of hydrogen-bond donors (Lipinski definition) is 3. The van der Waals surface area contributed by atoms with Crippen LogP contribution in [0.5, 0.6) is 0 Å². The van der Waals surface area contributed by atoms with Gasteiger partial charge in [-0.15, -0.1) is 0 Å². The molecule has 0 aromatic heterocycles. The number of hydrogen-bond acceptors (Lipinski definition) is 3. The molecule has 0 aliphatic heterocycles. The molecule has 3 N–H and O–H groups in total. The molecular formula is C4H9N3O3. The molecule has 0 rings (SSSR count). The van der Waals surface area contributed by atoms with Crippen LogP contribution in [0.25, 0.3) is 0 Å². The molecule has 0 saturated heterocycles. The van der Waals surface area contributed by atoms with Crippen LogP contribution in [0.4, 0.5) is 9.59 Å². The van der Waals surface area contributed by atoms with Crippen molar-refractivity contribution in [3.05, 3.63) is 0 Å². The summed E-state index contributed by atoms with van der Waals surface area (Å²) < 4.78 is 0. The molecule has 0 spiro atoms. The molecule has 6 nitrogen and oxygen atoms in total. The van der Waals surface area contributed by atoms with Crippen LogP contribution >= 0.6 is 0 Å². The summed E-state index contributed by atoms with van der Waals surface area (Å²) in [6.45, 7) is 0. The highest BCUT2D eigenvalue weighted by Gasteiger charge is 2.06. The number of amides is 4. The van der Waals surface area contributed by atoms with Gasteiger partial charge in [-0.25, -0.2) is 15.1 Å². The number of carbonyl (C=O) groups is 2. The van der Waals surface area contributed by atoms with Gasteiger partial charge in [0.2, 0.25) is 0 Å². The summed E-state index contributed by atoms with van der Waals surface area (Å²) in [6.07, 6.45) is 0. The van der Waals surface area contributed by atoms with Gasteiger partial charge in [0.05, 0.1) is 0 Å². The molecule has 0 unspecified atom stereocenters. The monoisotopic (exact) mass is 147 g/mol. The first-order chi connectivity index (χ1) is 4.57. The SMILES string of the molecule is CN(C)C(=O)NC(=O)NO. The van der Waals surface area contributed by atoms with Gasteiger partial charge in [0, 0.05) is 14.1 Å². The second kappa shape index (κ2) is 3.67. The molecule has 0 bridgehead atoms. The number of carbonyl (C=O) groups excluding carboxylic acids is 2. The Labute approximate surface area is 57.8 Å². The maximum Gasteiger partial charge on any atom is 0.346 e. The Bertz CT molecular complexity index is 145. The van der Waals surface area contributed by atoms with Crippen molar-refractivity contribution in [1.82, 2.24) is 15.7 Å². The molecule has 0 heterocycles. The third-order valence-corrected chi connectivity index (χ3v) is 0.728. The summed E-state index contributed by atoms with van der Waals surface area (Å²) in [4.78, 5) is 21.9. The summed E-state index contributed by atoms with van der Waals surface area (Å²) in [5.41, 5.74) is 1.25. The summed E-state index contributed by atoms with van der Waals surface area (Å²) in [6, 6.07) is -1.54. The van der Waals surface area contributed by atoms with E-state index in [2.05, 4.69) is 0 Å². The highest BCUT2D eigenvalue weighted by atomic mass is 16.5. The van der Waals surface area contributed by atoms with Gasteiger partial charge in [0.25, 0.3) is 0 Å². The van der Waals surface area contributed by atoms with Crippen LogP contribution in [0.15, 0.2) is 0 Å². The normalized spacial score (nSPS) is 8.30. The lowest BCUT2D eigenvalue weighted by Gasteiger charge is -2.09. The first-order valence-electron chi connectivity index (χ1n) is 2.50. The van der Waals surface area contributed by atoms with Crippen molar-refractivity contribution in [3.63, 3.8) is 0 Å². The average molecular weight is 147 g/mol. The maximum absolute atomic E-state index is 10.6. The van der Waals surface area contributed by atoms with Crippen LogP contribution < -0.4 is 10.8 Å². The van der Waals surface area contributed by atoms with Gasteiger partial charge in [0.15, 0.2) is 0 Å². The molecule has 4 amide bonds. The number of rotatable bonds is 0. The summed E-state index contributed by atoms with van der Waals surface area (Å²) >= 11 is 0. The van der Waals surface area contributed by atoms with Crippen LogP contribution in [0.1, 0.15) is 0 Å². The number of hydroxylamine groups is 1. The van der Waals surface area contributed by atoms with E-state index in [9.17, 15) is 9.59 Å². The Hall–Kier alpha value is -1.30. The number of imide groups is 1. The number of urea groups is 2. The van der Waals surface area contributed by atoms with Crippen LogP contribution in [0.3, 0.4) is 0 Å². The minimum absolute atomic E-state index is 0.591. The van der Waals surface area contributed by atoms with Crippen molar-refractivity contribution in [1.29, 1.82) is 0 Å². The Morgan fingerprint density at radius 2 is 1.90 bits per heavy atom. The van der Waals surface area contributed by atoms with Gasteiger partial charge in [-0.1, -0.05) is 0 Å². The molecule has 0 radical (unpaired) electrons. The lowest BCUT2D eigenvalue weighted by Crippen LogP contribution is -2.43. The first kappa shape index (κ1) is 8.70. The van der Waals surface area contributed by atoms with E-state index in [1.54, 1.807) is 0 Å². The fraction of sp³-hybridized carbons (Fsp3) is 0.500. The molecule has 0 saturated carbocycles. The quantitative estimate of drug-likeness (QED) is 0.315. The summed E-state index contributed by atoms with van der Waals surface area (Å²) in [7, 11) is 2.94. The van der Waals surface area contributed by atoms with Gasteiger partial charge in [-0.05, 0) is 0 Å². The van der Waals surface area contributed by atoms with Crippen molar-refractivity contribution in [2.45, 2.75) is 0 Å². The fourth-order valence-corrected chi connectivity index (χ4v) is 0.237. The van der Waals surface area contributed by atoms with Crippen molar-refractivity contribution in [2.75, 3.05) is 14.1 Å². The van der Waals surface area contributed by atoms with Gasteiger partial charge >= 0.3 is 12.1 Å². The average Bonchev–Trinajstić information content (AvgIpc) is 1.87. The van der Waals surface area contributed by atoms with Gasteiger partial charge in [-0.2, -0.15) is 0 Å². The Morgan fingerprint density at radius 1 is 1.40 bits per heavy atom. The molecule has 0 aliphatic carbocycles. The van der Waals surface area contributed by atoms with Gasteiger partial charge in [0.1, 0.15) is 0 Å². The fourth-order valence-electron chi connectivity index (χ4n) is 0.237. The second-order valence-corrected chi connectivity index (χ2v) is 1.77. The lowest BCUT2D eigenvalue weighted by molar-refractivity contribution is 0.159. The van der Waals surface area contributed by atoms with E-state index in [0.717, 1.165) is 4.90 Å². The Morgan fingerprint density at radius 3 is 2.20 bits per heavy atom. The van der Waals surface area contributed by atoms with Crippen LogP contribution in [-0.2, 0) is 0 Å². The van der Waals surface area contributed by atoms with Crippen molar-refractivity contribution >= 4 is 12.1 Å². The standard InChI is InChI=1S/C4H9N3O3/c1-7(2)4(9)5-3(8)6-10/h10H,1-2H3,(H2,5,6,8,9). The summed E-state index contributed by atoms with van der Waals surface area (Å²) in [5.74, 6) is 0. The third kappa shape index (κ3) is 2.88. The van der Waals surface area contributed by atoms with Crippen molar-refractivity contribution in [2.24, 2.45) is 0 Å². The molecule has 0 aliphatic rings. The van der Waals surface area contributed by atoms with Gasteiger partial charge < -0.3 is 4.90 Å². The summed E-state index contributed by atoms with van der Waals surface area (Å²) in [5, 5.41) is 9.75. The predicted octanol–water partition coefficient (Wildman–Crippen LogP) is -0.644. The molecule has 0 aromatic rings. The van der Waals surface area contributed by atoms with E-state index in [-0.39, 0.29) is 0 Å². The van der Waals surface area contributed by atoms with Gasteiger partial charge in [-0.3, -0.25) is 10.5 Å². The molecule has 10 heavy (non-hydrogen) atoms. The molecule has 0 fully saturated rings. The van der Waals surface area contributed by atoms with Crippen LogP contribution in [0, 0.1) is 0 Å². The number of nitrogens with zero attached hydrogens (tertiary/aromatic N) is 1. The first-order valence-corrected chi connectivity index (χ1v) is 2.50. The van der Waals surface area contributed by atoms with E-state index in [1.165, 1.54) is 19.6 Å². The second-order valence-electron chi connectivity index (χ2n) is 1.77. The van der Waals surface area contributed by atoms with Crippen molar-refractivity contribution in [3.8, 4) is 0 Å². The van der Waals surface area contributed by atoms with E-state index >= 15 is 0 Å². The predicted molar refractivity (Wildman–Crippen MR) is 32.5 cm³/mol. The van der Waals surface area contributed by atoms with Crippen LogP contribution in [0.2, 0.25) is 0 Å². The minimum Gasteiger partial charge on any atom is -0.331 e. The van der Waals surface area contributed by atoms with E-state index < -0.39 is 12.1 Å². The highest BCUT2D eigenvalue weighted by molar-refractivity contribution is 5.92. The van der Waals surface area contributed by atoms with E-state index in [4.69, 9.17) is 5.21 Å². The van der Waals surface area contributed by atoms with E-state index in [0.29, 0.717) is 0 Å². The van der Waals surface area contributed by atoms with Crippen molar-refractivity contribution < 1.29 is 14.8 Å². The Balaban J connectivity index is 3.69. The zero-order valence-corrected chi connectivity index (χ0v) is 5.71. The Kier molecular flexibility index (Phi) is 3.20. The number of nitrogens with one attached hydrogen (secondary N) is 2. The molecule has 0 atom stereocenters. The van der Waals surface area contributed by atoms with Crippen LogP contribution in [-0.4, -0.2) is 36.3 Å². The molecular weight excluding hydrogens is 138 g/mol. The maximum atomic E-state index is 10.6. The van der Waals surface area contributed by atoms with E-state index in [1.807, 2.05) is 5.32 Å². The zero-order chi connectivity index (χ0) is 8.15. The highest BCUT2D eigenvalue weighted by Crippen LogP contribution is 1.74. The lowest BCUT2D eigenvalue weighted by atomic mass is 10.8. The molecule has 0 aromatic carbocycles. The third-order valence-electron chi connectivity index (χ3n) is 0.728. The zero-order valence-electron chi connectivity index (χ0n) is 5.71. The molecule has 6 heteroatoms. The molecule has 58 valence electrons.